The monoisotopic (exact) mass is 343 g/mol. The number of hydrogen-bond donors (Lipinski definition) is 1. The fourth-order valence-electron chi connectivity index (χ4n) is 1.71. The Labute approximate surface area is 141 Å². The van der Waals surface area contributed by atoms with E-state index in [0.29, 0.717) is 0 Å². The molecule has 1 aromatic heterocycles. The summed E-state index contributed by atoms with van der Waals surface area (Å²) < 4.78 is 21.3. The first kappa shape index (κ1) is 19.9. The lowest BCUT2D eigenvalue weighted by molar-refractivity contribution is -0.0914. The fourth-order valence-corrected chi connectivity index (χ4v) is 1.71. The van der Waals surface area contributed by atoms with E-state index in [1.807, 2.05) is 0 Å². The minimum absolute atomic E-state index is 0.00315. The Morgan fingerprint density at radius 2 is 1.92 bits per heavy atom. The molecule has 0 aliphatic heterocycles. The molecule has 0 saturated heterocycles. The van der Waals surface area contributed by atoms with Crippen molar-refractivity contribution >= 4 is 17.9 Å². The Balaban J connectivity index is 3.04. The molecule has 0 aliphatic carbocycles. The number of nitrogens with zero attached hydrogens (tertiary/aromatic N) is 2. The van der Waals surface area contributed by atoms with Crippen LogP contribution < -0.4 is 5.32 Å². The molecular formula is C15H25N3O6. The van der Waals surface area contributed by atoms with Gasteiger partial charge in [0.1, 0.15) is 11.4 Å². The van der Waals surface area contributed by atoms with Crippen LogP contribution in [0.1, 0.15) is 38.2 Å². The smallest absolute Gasteiger partial charge is 0.437 e. The van der Waals surface area contributed by atoms with Gasteiger partial charge in [0.15, 0.2) is 12.0 Å². The highest BCUT2D eigenvalue weighted by molar-refractivity contribution is 5.89. The summed E-state index contributed by atoms with van der Waals surface area (Å²) in [4.78, 5) is 24.1. The van der Waals surface area contributed by atoms with Crippen LogP contribution in [0.25, 0.3) is 0 Å². The lowest BCUT2D eigenvalue weighted by Crippen LogP contribution is -2.30. The molecule has 0 radical (unpaired) electrons. The van der Waals surface area contributed by atoms with Crippen molar-refractivity contribution in [2.45, 2.75) is 39.6 Å². The van der Waals surface area contributed by atoms with Gasteiger partial charge in [0, 0.05) is 20.3 Å². The number of carbonyl (C=O) groups is 2. The molecule has 0 aliphatic rings. The van der Waals surface area contributed by atoms with Crippen LogP contribution in [0.3, 0.4) is 0 Å². The second-order valence-corrected chi connectivity index (χ2v) is 5.81. The van der Waals surface area contributed by atoms with E-state index in [-0.39, 0.29) is 24.7 Å². The summed E-state index contributed by atoms with van der Waals surface area (Å²) in [7, 11) is 2.98. The zero-order chi connectivity index (χ0) is 18.3. The zero-order valence-electron chi connectivity index (χ0n) is 14.9. The maximum absolute atomic E-state index is 12.3. The molecule has 0 amide bonds. The van der Waals surface area contributed by atoms with E-state index in [2.05, 4.69) is 10.4 Å². The number of nitrogens with one attached hydrogen (secondary N) is 1. The number of aromatic nitrogens is 2. The number of carbonyl (C=O) groups excluding carboxylic acids is 2. The zero-order valence-corrected chi connectivity index (χ0v) is 14.9. The largest absolute Gasteiger partial charge is 0.461 e. The molecule has 0 unspecified atom stereocenters. The van der Waals surface area contributed by atoms with E-state index in [1.54, 1.807) is 27.7 Å². The number of anilines is 1. The third-order valence-corrected chi connectivity index (χ3v) is 2.74. The predicted octanol–water partition coefficient (Wildman–Crippen LogP) is 1.87. The molecule has 1 heterocycles. The van der Waals surface area contributed by atoms with E-state index < -0.39 is 24.0 Å². The quantitative estimate of drug-likeness (QED) is 0.591. The van der Waals surface area contributed by atoms with E-state index in [4.69, 9.17) is 18.9 Å². The summed E-state index contributed by atoms with van der Waals surface area (Å²) >= 11 is 0. The molecule has 1 aromatic rings. The second kappa shape index (κ2) is 8.65. The first-order valence-corrected chi connectivity index (χ1v) is 7.51. The van der Waals surface area contributed by atoms with Crippen LogP contribution in [0.5, 0.6) is 0 Å². The summed E-state index contributed by atoms with van der Waals surface area (Å²) in [5, 5.41) is 6.91. The lowest BCUT2D eigenvalue weighted by Gasteiger charge is -2.20. The third kappa shape index (κ3) is 5.82. The molecular weight excluding hydrogens is 318 g/mol. The molecule has 1 N–H and O–H groups in total. The first-order valence-electron chi connectivity index (χ1n) is 7.51. The van der Waals surface area contributed by atoms with Gasteiger partial charge in [-0.3, -0.25) is 0 Å². The maximum atomic E-state index is 12.3. The van der Waals surface area contributed by atoms with Crippen molar-refractivity contribution in [3.63, 3.8) is 0 Å². The van der Waals surface area contributed by atoms with Gasteiger partial charge >= 0.3 is 12.1 Å². The average Bonchev–Trinajstić information content (AvgIpc) is 2.91. The van der Waals surface area contributed by atoms with Crippen LogP contribution in [-0.4, -0.2) is 61.1 Å². The summed E-state index contributed by atoms with van der Waals surface area (Å²) in [5.74, 6) is -0.357. The molecule has 136 valence electrons. The topological polar surface area (TPSA) is 101 Å². The Kier molecular flexibility index (Phi) is 7.18. The van der Waals surface area contributed by atoms with Gasteiger partial charge in [-0.2, -0.15) is 5.10 Å². The number of ether oxygens (including phenoxy) is 4. The standard InChI is InChI=1S/C15H25N3O6/c1-7-23-13(19)10-8-11(16-9-12(21-5)22-6)18(17-10)14(20)24-15(2,3)4/h8,12,16H,7,9H2,1-6H3. The van der Waals surface area contributed by atoms with Crippen molar-refractivity contribution in [2.24, 2.45) is 0 Å². The third-order valence-electron chi connectivity index (χ3n) is 2.74. The molecule has 0 saturated carbocycles. The van der Waals surface area contributed by atoms with Gasteiger partial charge in [0.05, 0.1) is 13.2 Å². The van der Waals surface area contributed by atoms with Crippen molar-refractivity contribution in [2.75, 3.05) is 32.7 Å². The van der Waals surface area contributed by atoms with Gasteiger partial charge in [0.25, 0.3) is 0 Å². The van der Waals surface area contributed by atoms with Gasteiger partial charge < -0.3 is 24.3 Å². The lowest BCUT2D eigenvalue weighted by atomic mass is 10.2. The van der Waals surface area contributed by atoms with E-state index in [0.717, 1.165) is 4.68 Å². The summed E-state index contributed by atoms with van der Waals surface area (Å²) in [5.41, 5.74) is -0.706. The molecule has 0 atom stereocenters. The molecule has 0 bridgehead atoms. The normalized spacial score (nSPS) is 11.5. The van der Waals surface area contributed by atoms with Crippen LogP contribution in [0, 0.1) is 0 Å². The summed E-state index contributed by atoms with van der Waals surface area (Å²) in [6, 6.07) is 1.41. The number of esters is 1. The van der Waals surface area contributed by atoms with Crippen molar-refractivity contribution < 1.29 is 28.5 Å². The Morgan fingerprint density at radius 1 is 1.29 bits per heavy atom. The molecule has 9 heteroatoms. The summed E-state index contributed by atoms with van der Waals surface area (Å²) in [6.07, 6.45) is -1.25. The SMILES string of the molecule is CCOC(=O)c1cc(NCC(OC)OC)n(C(=O)OC(C)(C)C)n1. The van der Waals surface area contributed by atoms with Gasteiger partial charge in [-0.25, -0.2) is 9.59 Å². The van der Waals surface area contributed by atoms with E-state index in [9.17, 15) is 9.59 Å². The van der Waals surface area contributed by atoms with Crippen molar-refractivity contribution in [3.8, 4) is 0 Å². The summed E-state index contributed by atoms with van der Waals surface area (Å²) in [6.45, 7) is 7.34. The van der Waals surface area contributed by atoms with Crippen LogP contribution in [0.4, 0.5) is 10.6 Å². The molecule has 0 aromatic carbocycles. The minimum atomic E-state index is -0.716. The maximum Gasteiger partial charge on any atom is 0.437 e. The minimum Gasteiger partial charge on any atom is -0.461 e. The molecule has 24 heavy (non-hydrogen) atoms. The first-order chi connectivity index (χ1) is 11.2. The van der Waals surface area contributed by atoms with E-state index in [1.165, 1.54) is 20.3 Å². The van der Waals surface area contributed by atoms with Crippen LogP contribution in [-0.2, 0) is 18.9 Å². The highest BCUT2D eigenvalue weighted by atomic mass is 16.7. The molecule has 0 spiro atoms. The van der Waals surface area contributed by atoms with E-state index >= 15 is 0 Å². The molecule has 0 fully saturated rings. The van der Waals surface area contributed by atoms with Crippen molar-refractivity contribution in [1.29, 1.82) is 0 Å². The Morgan fingerprint density at radius 3 is 2.42 bits per heavy atom. The highest BCUT2D eigenvalue weighted by Gasteiger charge is 2.24. The Hall–Kier alpha value is -2.13. The number of methoxy groups -OCH3 is 2. The van der Waals surface area contributed by atoms with Crippen LogP contribution in [0.15, 0.2) is 6.07 Å². The van der Waals surface area contributed by atoms with Crippen molar-refractivity contribution in [1.82, 2.24) is 9.78 Å². The fraction of sp³-hybridized carbons (Fsp3) is 0.667. The van der Waals surface area contributed by atoms with Gasteiger partial charge in [0.2, 0.25) is 0 Å². The van der Waals surface area contributed by atoms with Crippen LogP contribution in [0.2, 0.25) is 0 Å². The van der Waals surface area contributed by atoms with Gasteiger partial charge in [-0.05, 0) is 27.7 Å². The average molecular weight is 343 g/mol. The van der Waals surface area contributed by atoms with Crippen molar-refractivity contribution in [3.05, 3.63) is 11.8 Å². The predicted molar refractivity (Wildman–Crippen MR) is 86.1 cm³/mol. The molecule has 1 rings (SSSR count). The number of hydrogen-bond acceptors (Lipinski definition) is 8. The van der Waals surface area contributed by atoms with Gasteiger partial charge in [-0.1, -0.05) is 0 Å². The van der Waals surface area contributed by atoms with Gasteiger partial charge in [-0.15, -0.1) is 4.68 Å². The number of rotatable bonds is 7. The second-order valence-electron chi connectivity index (χ2n) is 5.81. The highest BCUT2D eigenvalue weighted by Crippen LogP contribution is 2.16. The Bertz CT molecular complexity index is 560. The van der Waals surface area contributed by atoms with Crippen LogP contribution >= 0.6 is 0 Å². The molecule has 9 nitrogen and oxygen atoms in total.